The third-order valence-corrected chi connectivity index (χ3v) is 9.36. The molecule has 0 fully saturated rings. The van der Waals surface area contributed by atoms with Crippen LogP contribution in [0.15, 0.2) is 149 Å². The molecule has 0 radical (unpaired) electrons. The first-order chi connectivity index (χ1) is 23.3. The average Bonchev–Trinajstić information content (AvgIpc) is 3.71. The summed E-state index contributed by atoms with van der Waals surface area (Å²) in [5, 5.41) is 11.5. The van der Waals surface area contributed by atoms with Gasteiger partial charge in [0.2, 0.25) is 5.88 Å². The zero-order chi connectivity index (χ0) is 30.9. The first kappa shape index (κ1) is 25.9. The van der Waals surface area contributed by atoms with Crippen LogP contribution in [0.4, 0.5) is 22.9 Å². The predicted molar refractivity (Wildman–Crippen MR) is 194 cm³/mol. The number of pyridine rings is 1. The highest BCUT2D eigenvalue weighted by atomic mass is 16.4. The summed E-state index contributed by atoms with van der Waals surface area (Å²) in [5.41, 5.74) is 8.92. The maximum absolute atomic E-state index is 6.53. The van der Waals surface area contributed by atoms with Crippen LogP contribution in [0.5, 0.6) is 0 Å². The fourth-order valence-corrected chi connectivity index (χ4v) is 7.18. The van der Waals surface area contributed by atoms with E-state index in [1.54, 1.807) is 6.20 Å². The van der Waals surface area contributed by atoms with Crippen molar-refractivity contribution in [2.24, 2.45) is 0 Å². The highest BCUT2D eigenvalue weighted by Crippen LogP contribution is 2.45. The maximum atomic E-state index is 6.53. The van der Waals surface area contributed by atoms with E-state index in [0.717, 1.165) is 68.0 Å². The van der Waals surface area contributed by atoms with E-state index in [9.17, 15) is 0 Å². The van der Waals surface area contributed by atoms with E-state index >= 15 is 0 Å². The molecule has 47 heavy (non-hydrogen) atoms. The molecule has 0 spiro atoms. The molecule has 1 aliphatic rings. The Morgan fingerprint density at radius 3 is 2.32 bits per heavy atom. The lowest BCUT2D eigenvalue weighted by Crippen LogP contribution is -2.10. The fraction of sp³-hybridized carbons (Fsp3) is 0.0238. The summed E-state index contributed by atoms with van der Waals surface area (Å²) < 4.78 is 12.7. The van der Waals surface area contributed by atoms with Gasteiger partial charge in [-0.1, -0.05) is 84.9 Å². The Hall–Kier alpha value is -6.33. The molecule has 0 amide bonds. The van der Waals surface area contributed by atoms with Gasteiger partial charge in [0.1, 0.15) is 11.2 Å². The second-order valence-electron chi connectivity index (χ2n) is 12.0. The van der Waals surface area contributed by atoms with Gasteiger partial charge < -0.3 is 19.1 Å². The first-order valence-electron chi connectivity index (χ1n) is 15.8. The van der Waals surface area contributed by atoms with Crippen LogP contribution in [-0.2, 0) is 0 Å². The lowest BCUT2D eigenvalue weighted by atomic mass is 9.93. The van der Waals surface area contributed by atoms with Gasteiger partial charge in [-0.2, -0.15) is 0 Å². The highest BCUT2D eigenvalue weighted by Gasteiger charge is 2.22. The normalized spacial score (nSPS) is 12.7. The Bertz CT molecular complexity index is 2700. The van der Waals surface area contributed by atoms with E-state index in [1.807, 2.05) is 12.3 Å². The minimum atomic E-state index is 0.757. The third-order valence-electron chi connectivity index (χ3n) is 9.36. The van der Waals surface area contributed by atoms with E-state index < -0.39 is 0 Å². The molecule has 10 rings (SSSR count). The van der Waals surface area contributed by atoms with Gasteiger partial charge in [0.25, 0.3) is 0 Å². The van der Waals surface area contributed by atoms with Crippen LogP contribution >= 0.6 is 0 Å². The smallest absolute Gasteiger partial charge is 0.201 e. The van der Waals surface area contributed by atoms with Crippen molar-refractivity contribution in [2.45, 2.75) is 0 Å². The molecule has 4 heterocycles. The number of hydrogen-bond donors (Lipinski definition) is 1. The van der Waals surface area contributed by atoms with Gasteiger partial charge in [-0.25, -0.2) is 0 Å². The summed E-state index contributed by atoms with van der Waals surface area (Å²) >= 11 is 0. The standard InChI is InChI=1S/C42H27N3O2/c1-2-8-30-27(7-1)23-35(32-10-4-3-9-31(30)32)26-14-16-28(17-15-26)45(29-18-19-39-36(24-29)34-12-6-21-44-42(34)47-39)38-13-5-11-33-37-25-43-22-20-40(37)46-41(33)38/h1-20,22-25,44H,21H2. The molecule has 3 aromatic heterocycles. The number of hydrogen-bond acceptors (Lipinski definition) is 5. The van der Waals surface area contributed by atoms with Gasteiger partial charge in [0.15, 0.2) is 5.58 Å². The second kappa shape index (κ2) is 10.1. The molecule has 0 saturated heterocycles. The van der Waals surface area contributed by atoms with E-state index in [0.29, 0.717) is 0 Å². The molecule has 0 unspecified atom stereocenters. The predicted octanol–water partition coefficient (Wildman–Crippen LogP) is 11.6. The van der Waals surface area contributed by atoms with E-state index in [1.165, 1.54) is 32.7 Å². The number of nitrogens with one attached hydrogen (secondary N) is 1. The molecule has 1 aliphatic heterocycles. The van der Waals surface area contributed by atoms with Crippen molar-refractivity contribution in [3.05, 3.63) is 145 Å². The van der Waals surface area contributed by atoms with Gasteiger partial charge in [-0.3, -0.25) is 4.98 Å². The molecule has 1 N–H and O–H groups in total. The van der Waals surface area contributed by atoms with Crippen molar-refractivity contribution in [3.8, 4) is 11.1 Å². The van der Waals surface area contributed by atoms with Gasteiger partial charge in [0.05, 0.1) is 5.69 Å². The summed E-state index contributed by atoms with van der Waals surface area (Å²) in [6, 6.07) is 43.1. The largest absolute Gasteiger partial charge is 0.454 e. The summed E-state index contributed by atoms with van der Waals surface area (Å²) in [4.78, 5) is 6.65. The Labute approximate surface area is 270 Å². The quantitative estimate of drug-likeness (QED) is 0.202. The van der Waals surface area contributed by atoms with Crippen LogP contribution < -0.4 is 10.2 Å². The number of anilines is 4. The topological polar surface area (TPSA) is 54.4 Å². The number of benzene rings is 6. The lowest BCUT2D eigenvalue weighted by Gasteiger charge is -2.26. The van der Waals surface area contributed by atoms with E-state index in [4.69, 9.17) is 8.83 Å². The van der Waals surface area contributed by atoms with Gasteiger partial charge >= 0.3 is 0 Å². The average molecular weight is 606 g/mol. The van der Waals surface area contributed by atoms with Crippen LogP contribution in [-0.4, -0.2) is 11.5 Å². The zero-order valence-corrected chi connectivity index (χ0v) is 25.3. The number of para-hydroxylation sites is 1. The second-order valence-corrected chi connectivity index (χ2v) is 12.0. The zero-order valence-electron chi connectivity index (χ0n) is 25.3. The highest BCUT2D eigenvalue weighted by molar-refractivity contribution is 6.14. The van der Waals surface area contributed by atoms with Crippen molar-refractivity contribution in [1.29, 1.82) is 0 Å². The van der Waals surface area contributed by atoms with Crippen LogP contribution in [0, 0.1) is 0 Å². The van der Waals surface area contributed by atoms with Crippen LogP contribution in [0.25, 0.3) is 71.7 Å². The summed E-state index contributed by atoms with van der Waals surface area (Å²) in [5.74, 6) is 0.810. The van der Waals surface area contributed by atoms with Gasteiger partial charge in [-0.05, 0) is 81.2 Å². The fourth-order valence-electron chi connectivity index (χ4n) is 7.18. The van der Waals surface area contributed by atoms with Crippen molar-refractivity contribution < 1.29 is 8.83 Å². The van der Waals surface area contributed by atoms with Crippen molar-refractivity contribution in [1.82, 2.24) is 4.98 Å². The minimum Gasteiger partial charge on any atom is -0.454 e. The SMILES string of the molecule is C1=Cc2c(oc3ccc(N(c4ccc(-c5cc6ccccc6c6ccccc56)cc4)c4cccc5c4oc4ccncc45)cc23)NC1. The van der Waals surface area contributed by atoms with Crippen LogP contribution in [0.1, 0.15) is 5.56 Å². The Morgan fingerprint density at radius 1 is 0.617 bits per heavy atom. The molecule has 5 nitrogen and oxygen atoms in total. The monoisotopic (exact) mass is 605 g/mol. The number of nitrogens with zero attached hydrogens (tertiary/aromatic N) is 2. The molecule has 0 saturated carbocycles. The molecule has 222 valence electrons. The Kier molecular flexibility index (Phi) is 5.57. The van der Waals surface area contributed by atoms with Crippen molar-refractivity contribution in [3.63, 3.8) is 0 Å². The molecule has 9 aromatic rings. The molecule has 6 aromatic carbocycles. The van der Waals surface area contributed by atoms with E-state index in [2.05, 4.69) is 143 Å². The van der Waals surface area contributed by atoms with Crippen molar-refractivity contribution in [2.75, 3.05) is 16.8 Å². The minimum absolute atomic E-state index is 0.757. The lowest BCUT2D eigenvalue weighted by molar-refractivity contribution is 0.628. The van der Waals surface area contributed by atoms with Gasteiger partial charge in [0, 0.05) is 52.0 Å². The summed E-state index contributed by atoms with van der Waals surface area (Å²) in [6.45, 7) is 0.757. The molecule has 5 heteroatoms. The molecule has 0 bridgehead atoms. The number of furan rings is 2. The Balaban J connectivity index is 1.18. The van der Waals surface area contributed by atoms with Crippen LogP contribution in [0.2, 0.25) is 0 Å². The molecular formula is C42H27N3O2. The number of fused-ring (bicyclic) bond motifs is 9. The Morgan fingerprint density at radius 2 is 1.40 bits per heavy atom. The van der Waals surface area contributed by atoms with Crippen molar-refractivity contribution >= 4 is 83.5 Å². The van der Waals surface area contributed by atoms with E-state index in [-0.39, 0.29) is 0 Å². The van der Waals surface area contributed by atoms with Gasteiger partial charge in [-0.15, -0.1) is 0 Å². The first-order valence-corrected chi connectivity index (χ1v) is 15.8. The molecular weight excluding hydrogens is 578 g/mol. The molecule has 0 aliphatic carbocycles. The maximum Gasteiger partial charge on any atom is 0.201 e. The van der Waals surface area contributed by atoms with Crippen LogP contribution in [0.3, 0.4) is 0 Å². The molecule has 0 atom stereocenters. The summed E-state index contributed by atoms with van der Waals surface area (Å²) in [6.07, 6.45) is 7.91. The summed E-state index contributed by atoms with van der Waals surface area (Å²) in [7, 11) is 0. The number of aromatic nitrogens is 1. The number of rotatable bonds is 4. The third kappa shape index (κ3) is 4.00.